The number of rotatable bonds is 5. The molecule has 3 heterocycles. The van der Waals surface area contributed by atoms with Gasteiger partial charge in [-0.3, -0.25) is 14.5 Å². The second-order valence-electron chi connectivity index (χ2n) is 8.31. The van der Waals surface area contributed by atoms with E-state index in [0.29, 0.717) is 18.9 Å². The average Bonchev–Trinajstić information content (AvgIpc) is 3.34. The molecule has 0 saturated carbocycles. The highest BCUT2D eigenvalue weighted by Crippen LogP contribution is 2.33. The molecule has 152 valence electrons. The molecule has 0 aromatic heterocycles. The number of nitrogens with one attached hydrogen (secondary N) is 1. The van der Waals surface area contributed by atoms with Crippen molar-refractivity contribution >= 4 is 23.2 Å². The summed E-state index contributed by atoms with van der Waals surface area (Å²) in [4.78, 5) is 31.9. The molecule has 0 bridgehead atoms. The summed E-state index contributed by atoms with van der Waals surface area (Å²) in [5.74, 6) is 0.249. The van der Waals surface area contributed by atoms with Crippen LogP contribution in [0.25, 0.3) is 0 Å². The van der Waals surface area contributed by atoms with Gasteiger partial charge in [0.1, 0.15) is 0 Å². The van der Waals surface area contributed by atoms with Crippen LogP contribution in [-0.2, 0) is 16.1 Å². The fourth-order valence-corrected chi connectivity index (χ4v) is 4.77. The normalized spacial score (nSPS) is 22.6. The number of benzene rings is 1. The van der Waals surface area contributed by atoms with E-state index in [1.54, 1.807) is 0 Å². The first kappa shape index (κ1) is 19.4. The largest absolute Gasteiger partial charge is 0.326 e. The number of carbonyl (C=O) groups excluding carboxylic acids is 2. The predicted octanol–water partition coefficient (Wildman–Crippen LogP) is 2.83. The molecular weight excluding hydrogens is 352 g/mol. The van der Waals surface area contributed by atoms with Crippen LogP contribution in [0.5, 0.6) is 0 Å². The Labute approximate surface area is 167 Å². The maximum absolute atomic E-state index is 13.2. The van der Waals surface area contributed by atoms with Crippen molar-refractivity contribution in [3.8, 4) is 0 Å². The van der Waals surface area contributed by atoms with E-state index >= 15 is 0 Å². The summed E-state index contributed by atoms with van der Waals surface area (Å²) >= 11 is 0. The Kier molecular flexibility index (Phi) is 5.97. The van der Waals surface area contributed by atoms with Gasteiger partial charge >= 0.3 is 0 Å². The maximum Gasteiger partial charge on any atom is 0.228 e. The Hall–Kier alpha value is -1.92. The number of anilines is 2. The van der Waals surface area contributed by atoms with Gasteiger partial charge in [0.15, 0.2) is 0 Å². The molecule has 28 heavy (non-hydrogen) atoms. The van der Waals surface area contributed by atoms with E-state index in [1.165, 1.54) is 19.3 Å². The zero-order valence-corrected chi connectivity index (χ0v) is 17.0. The van der Waals surface area contributed by atoms with Crippen LogP contribution < -0.4 is 10.2 Å². The summed E-state index contributed by atoms with van der Waals surface area (Å²) in [6, 6.07) is 6.46. The van der Waals surface area contributed by atoms with Crippen molar-refractivity contribution < 1.29 is 9.59 Å². The van der Waals surface area contributed by atoms with Crippen molar-refractivity contribution in [3.63, 3.8) is 0 Å². The molecule has 0 aliphatic carbocycles. The highest BCUT2D eigenvalue weighted by atomic mass is 16.2. The molecule has 3 aliphatic rings. The van der Waals surface area contributed by atoms with Crippen LogP contribution in [0.1, 0.15) is 51.0 Å². The van der Waals surface area contributed by atoms with Gasteiger partial charge in [0.25, 0.3) is 0 Å². The number of fused-ring (bicyclic) bond motifs is 2. The summed E-state index contributed by atoms with van der Waals surface area (Å²) < 4.78 is 0. The Morgan fingerprint density at radius 1 is 1.14 bits per heavy atom. The number of hydrogen-bond donors (Lipinski definition) is 1. The van der Waals surface area contributed by atoms with Crippen LogP contribution in [0, 0.1) is 0 Å². The molecule has 4 rings (SSSR count). The fourth-order valence-electron chi connectivity index (χ4n) is 4.77. The Morgan fingerprint density at radius 2 is 1.96 bits per heavy atom. The monoisotopic (exact) mass is 384 g/mol. The molecule has 2 amide bonds. The summed E-state index contributed by atoms with van der Waals surface area (Å²) in [7, 11) is 0. The van der Waals surface area contributed by atoms with Crippen molar-refractivity contribution in [3.05, 3.63) is 23.8 Å². The fraction of sp³-hybridized carbons (Fsp3) is 0.636. The lowest BCUT2D eigenvalue weighted by atomic mass is 10.1. The van der Waals surface area contributed by atoms with E-state index in [2.05, 4.69) is 21.2 Å². The van der Waals surface area contributed by atoms with Crippen molar-refractivity contribution in [2.75, 3.05) is 42.9 Å². The molecule has 3 aliphatic heterocycles. The topological polar surface area (TPSA) is 55.9 Å². The van der Waals surface area contributed by atoms with Gasteiger partial charge in [0.05, 0.1) is 0 Å². The zero-order valence-electron chi connectivity index (χ0n) is 17.0. The molecule has 6 nitrogen and oxygen atoms in total. The third-order valence-electron chi connectivity index (χ3n) is 6.38. The maximum atomic E-state index is 13.2. The number of hydrogen-bond acceptors (Lipinski definition) is 4. The third-order valence-corrected chi connectivity index (χ3v) is 6.38. The standard InChI is InChI=1S/C22H32N4O2/c1-2-21(27)23-18-7-8-20-17(14-18)15-25-12-5-6-19(25)16-26(20)22(28)9-13-24-10-3-4-11-24/h7-8,14,19H,2-6,9-13,15-16H2,1H3,(H,23,27). The molecule has 2 saturated heterocycles. The van der Waals surface area contributed by atoms with Gasteiger partial charge in [0, 0.05) is 49.9 Å². The summed E-state index contributed by atoms with van der Waals surface area (Å²) in [6.07, 6.45) is 5.91. The van der Waals surface area contributed by atoms with Gasteiger partial charge in [-0.2, -0.15) is 0 Å². The van der Waals surface area contributed by atoms with Crippen LogP contribution in [-0.4, -0.2) is 60.4 Å². The lowest BCUT2D eigenvalue weighted by molar-refractivity contribution is -0.119. The molecular formula is C22H32N4O2. The summed E-state index contributed by atoms with van der Waals surface area (Å²) in [5, 5.41) is 2.96. The van der Waals surface area contributed by atoms with Crippen molar-refractivity contribution in [2.24, 2.45) is 0 Å². The minimum absolute atomic E-state index is 0.0196. The molecule has 1 aromatic rings. The van der Waals surface area contributed by atoms with E-state index in [9.17, 15) is 9.59 Å². The van der Waals surface area contributed by atoms with E-state index in [-0.39, 0.29) is 11.8 Å². The second kappa shape index (κ2) is 8.62. The quantitative estimate of drug-likeness (QED) is 0.848. The van der Waals surface area contributed by atoms with Gasteiger partial charge in [-0.05, 0) is 69.1 Å². The lowest BCUT2D eigenvalue weighted by Gasteiger charge is -2.27. The summed E-state index contributed by atoms with van der Waals surface area (Å²) in [6.45, 7) is 7.70. The van der Waals surface area contributed by atoms with Gasteiger partial charge in [0.2, 0.25) is 11.8 Å². The van der Waals surface area contributed by atoms with Gasteiger partial charge < -0.3 is 15.1 Å². The first-order valence-corrected chi connectivity index (χ1v) is 10.8. The van der Waals surface area contributed by atoms with Crippen LogP contribution in [0.2, 0.25) is 0 Å². The summed E-state index contributed by atoms with van der Waals surface area (Å²) in [5.41, 5.74) is 3.00. The molecule has 1 unspecified atom stereocenters. The van der Waals surface area contributed by atoms with Crippen LogP contribution in [0.4, 0.5) is 11.4 Å². The van der Waals surface area contributed by atoms with Gasteiger partial charge in [-0.1, -0.05) is 6.92 Å². The minimum Gasteiger partial charge on any atom is -0.326 e. The van der Waals surface area contributed by atoms with Crippen molar-refractivity contribution in [1.82, 2.24) is 9.80 Å². The Balaban J connectivity index is 1.55. The van der Waals surface area contributed by atoms with E-state index in [4.69, 9.17) is 0 Å². The van der Waals surface area contributed by atoms with E-state index < -0.39 is 0 Å². The molecule has 6 heteroatoms. The molecule has 0 spiro atoms. The highest BCUT2D eigenvalue weighted by Gasteiger charge is 2.33. The molecule has 2 fully saturated rings. The SMILES string of the molecule is CCC(=O)Nc1ccc2c(c1)CN1CCCC1CN2C(=O)CCN1CCCC1. The smallest absolute Gasteiger partial charge is 0.228 e. The van der Waals surface area contributed by atoms with E-state index in [0.717, 1.165) is 62.6 Å². The third kappa shape index (κ3) is 4.23. The number of nitrogens with zero attached hydrogens (tertiary/aromatic N) is 3. The Bertz CT molecular complexity index is 729. The Morgan fingerprint density at radius 3 is 2.75 bits per heavy atom. The molecule has 1 aromatic carbocycles. The zero-order chi connectivity index (χ0) is 19.5. The lowest BCUT2D eigenvalue weighted by Crippen LogP contribution is -2.41. The van der Waals surface area contributed by atoms with Gasteiger partial charge in [-0.15, -0.1) is 0 Å². The van der Waals surface area contributed by atoms with Crippen LogP contribution >= 0.6 is 0 Å². The predicted molar refractivity (Wildman–Crippen MR) is 111 cm³/mol. The first-order chi connectivity index (χ1) is 13.6. The van der Waals surface area contributed by atoms with E-state index in [1.807, 2.05) is 24.0 Å². The highest BCUT2D eigenvalue weighted by molar-refractivity contribution is 5.96. The molecule has 1 N–H and O–H groups in total. The van der Waals surface area contributed by atoms with Gasteiger partial charge in [-0.25, -0.2) is 0 Å². The van der Waals surface area contributed by atoms with Crippen LogP contribution in [0.15, 0.2) is 18.2 Å². The second-order valence-corrected chi connectivity index (χ2v) is 8.31. The average molecular weight is 385 g/mol. The minimum atomic E-state index is 0.0196. The molecule has 1 atom stereocenters. The van der Waals surface area contributed by atoms with Crippen molar-refractivity contribution in [2.45, 2.75) is 58.0 Å². The molecule has 0 radical (unpaired) electrons. The van der Waals surface area contributed by atoms with Crippen LogP contribution in [0.3, 0.4) is 0 Å². The number of amides is 2. The number of likely N-dealkylation sites (tertiary alicyclic amines) is 1. The first-order valence-electron chi connectivity index (χ1n) is 10.8. The van der Waals surface area contributed by atoms with Crippen molar-refractivity contribution in [1.29, 1.82) is 0 Å². The number of carbonyl (C=O) groups is 2.